The second-order valence-electron chi connectivity index (χ2n) is 5.98. The molecule has 0 spiro atoms. The number of ether oxygens (including phenoxy) is 2. The van der Waals surface area contributed by atoms with Gasteiger partial charge in [0.25, 0.3) is 5.91 Å². The SMILES string of the molecule is O=C(COc1ccccc1)NC[C@H](c1ccccc1)N1CCOCC1. The summed E-state index contributed by atoms with van der Waals surface area (Å²) in [5, 5.41) is 3.00. The Morgan fingerprint density at radius 2 is 1.68 bits per heavy atom. The molecule has 3 rings (SSSR count). The molecule has 2 aromatic carbocycles. The van der Waals surface area contributed by atoms with Gasteiger partial charge in [0.1, 0.15) is 5.75 Å². The van der Waals surface area contributed by atoms with Crippen LogP contribution in [0.4, 0.5) is 0 Å². The Balaban J connectivity index is 1.55. The lowest BCUT2D eigenvalue weighted by Gasteiger charge is -2.34. The lowest BCUT2D eigenvalue weighted by molar-refractivity contribution is -0.123. The second kappa shape index (κ2) is 9.20. The first-order valence-electron chi connectivity index (χ1n) is 8.64. The van der Waals surface area contributed by atoms with Crippen LogP contribution in [0.25, 0.3) is 0 Å². The Labute approximate surface area is 148 Å². The minimum Gasteiger partial charge on any atom is -0.484 e. The summed E-state index contributed by atoms with van der Waals surface area (Å²) in [6.07, 6.45) is 0. The van der Waals surface area contributed by atoms with Crippen LogP contribution in [-0.2, 0) is 9.53 Å². The van der Waals surface area contributed by atoms with Crippen molar-refractivity contribution in [2.45, 2.75) is 6.04 Å². The molecule has 25 heavy (non-hydrogen) atoms. The molecule has 5 heteroatoms. The summed E-state index contributed by atoms with van der Waals surface area (Å²) in [5.41, 5.74) is 1.20. The Kier molecular flexibility index (Phi) is 6.42. The largest absolute Gasteiger partial charge is 0.484 e. The lowest BCUT2D eigenvalue weighted by atomic mass is 10.0. The number of benzene rings is 2. The van der Waals surface area contributed by atoms with Crippen molar-refractivity contribution in [2.24, 2.45) is 0 Å². The van der Waals surface area contributed by atoms with Crippen molar-refractivity contribution in [3.05, 3.63) is 66.2 Å². The number of carbonyl (C=O) groups excluding carboxylic acids is 1. The predicted octanol–water partition coefficient (Wildman–Crippen LogP) is 2.26. The molecule has 1 amide bonds. The average Bonchev–Trinajstić information content (AvgIpc) is 2.69. The fraction of sp³-hybridized carbons (Fsp3) is 0.350. The van der Waals surface area contributed by atoms with Crippen molar-refractivity contribution in [3.63, 3.8) is 0 Å². The fourth-order valence-electron chi connectivity index (χ4n) is 2.95. The molecule has 132 valence electrons. The number of morpholine rings is 1. The maximum Gasteiger partial charge on any atom is 0.258 e. The molecule has 1 saturated heterocycles. The maximum absolute atomic E-state index is 12.2. The number of hydrogen-bond donors (Lipinski definition) is 1. The zero-order valence-corrected chi connectivity index (χ0v) is 14.3. The molecular weight excluding hydrogens is 316 g/mol. The molecule has 1 atom stereocenters. The molecule has 1 fully saturated rings. The summed E-state index contributed by atoms with van der Waals surface area (Å²) < 4.78 is 11.0. The molecule has 0 radical (unpaired) electrons. The predicted molar refractivity (Wildman–Crippen MR) is 96.5 cm³/mol. The van der Waals surface area contributed by atoms with E-state index in [1.165, 1.54) is 5.56 Å². The molecular formula is C20H24N2O3. The van der Waals surface area contributed by atoms with Crippen molar-refractivity contribution >= 4 is 5.91 Å². The first-order chi connectivity index (χ1) is 12.3. The molecule has 0 unspecified atom stereocenters. The first-order valence-corrected chi connectivity index (χ1v) is 8.64. The minimum atomic E-state index is -0.113. The third-order valence-electron chi connectivity index (χ3n) is 4.28. The molecule has 1 N–H and O–H groups in total. The molecule has 1 aliphatic rings. The fourth-order valence-corrected chi connectivity index (χ4v) is 2.95. The van der Waals surface area contributed by atoms with E-state index in [1.54, 1.807) is 0 Å². The molecule has 0 aromatic heterocycles. The van der Waals surface area contributed by atoms with E-state index in [-0.39, 0.29) is 18.6 Å². The molecule has 0 bridgehead atoms. The summed E-state index contributed by atoms with van der Waals surface area (Å²) in [6, 6.07) is 19.8. The lowest BCUT2D eigenvalue weighted by Crippen LogP contribution is -2.44. The van der Waals surface area contributed by atoms with E-state index in [1.807, 2.05) is 48.5 Å². The van der Waals surface area contributed by atoms with Gasteiger partial charge in [0.05, 0.1) is 19.3 Å². The van der Waals surface area contributed by atoms with E-state index >= 15 is 0 Å². The van der Waals surface area contributed by atoms with Crippen molar-refractivity contribution in [1.82, 2.24) is 10.2 Å². The third-order valence-corrected chi connectivity index (χ3v) is 4.28. The monoisotopic (exact) mass is 340 g/mol. The van der Waals surface area contributed by atoms with Crippen LogP contribution in [0.5, 0.6) is 5.75 Å². The average molecular weight is 340 g/mol. The van der Waals surface area contributed by atoms with Gasteiger partial charge in [0.15, 0.2) is 6.61 Å². The van der Waals surface area contributed by atoms with Gasteiger partial charge >= 0.3 is 0 Å². The highest BCUT2D eigenvalue weighted by Crippen LogP contribution is 2.21. The number of hydrogen-bond acceptors (Lipinski definition) is 4. The van der Waals surface area contributed by atoms with Gasteiger partial charge in [-0.15, -0.1) is 0 Å². The minimum absolute atomic E-state index is 0.0225. The van der Waals surface area contributed by atoms with E-state index in [0.717, 1.165) is 26.3 Å². The van der Waals surface area contributed by atoms with Gasteiger partial charge in [0, 0.05) is 19.6 Å². The summed E-state index contributed by atoms with van der Waals surface area (Å²) in [6.45, 7) is 3.78. The van der Waals surface area contributed by atoms with Crippen LogP contribution in [-0.4, -0.2) is 50.3 Å². The topological polar surface area (TPSA) is 50.8 Å². The van der Waals surface area contributed by atoms with Crippen molar-refractivity contribution in [2.75, 3.05) is 39.5 Å². The highest BCUT2D eigenvalue weighted by atomic mass is 16.5. The zero-order valence-electron chi connectivity index (χ0n) is 14.3. The number of amides is 1. The van der Waals surface area contributed by atoms with Gasteiger partial charge in [-0.1, -0.05) is 48.5 Å². The van der Waals surface area contributed by atoms with Gasteiger partial charge in [-0.05, 0) is 17.7 Å². The summed E-state index contributed by atoms with van der Waals surface area (Å²) in [5.74, 6) is 0.587. The number of nitrogens with one attached hydrogen (secondary N) is 1. The van der Waals surface area contributed by atoms with Crippen LogP contribution >= 0.6 is 0 Å². The molecule has 0 aliphatic carbocycles. The Bertz CT molecular complexity index is 643. The van der Waals surface area contributed by atoms with Crippen molar-refractivity contribution in [3.8, 4) is 5.75 Å². The maximum atomic E-state index is 12.2. The van der Waals surface area contributed by atoms with Gasteiger partial charge in [-0.3, -0.25) is 9.69 Å². The molecule has 0 saturated carbocycles. The van der Waals surface area contributed by atoms with Crippen LogP contribution in [0, 0.1) is 0 Å². The first kappa shape index (κ1) is 17.5. The molecule has 1 heterocycles. The Morgan fingerprint density at radius 3 is 2.36 bits per heavy atom. The zero-order chi connectivity index (χ0) is 17.3. The highest BCUT2D eigenvalue weighted by molar-refractivity contribution is 5.77. The Morgan fingerprint density at radius 1 is 1.04 bits per heavy atom. The third kappa shape index (κ3) is 5.31. The quantitative estimate of drug-likeness (QED) is 0.840. The van der Waals surface area contributed by atoms with Crippen LogP contribution in [0.15, 0.2) is 60.7 Å². The smallest absolute Gasteiger partial charge is 0.258 e. The van der Waals surface area contributed by atoms with Gasteiger partial charge in [-0.2, -0.15) is 0 Å². The number of para-hydroxylation sites is 1. The van der Waals surface area contributed by atoms with E-state index in [2.05, 4.69) is 22.3 Å². The van der Waals surface area contributed by atoms with Gasteiger partial charge in [-0.25, -0.2) is 0 Å². The number of rotatable bonds is 7. The number of carbonyl (C=O) groups is 1. The number of nitrogens with zero attached hydrogens (tertiary/aromatic N) is 1. The van der Waals surface area contributed by atoms with Crippen LogP contribution < -0.4 is 10.1 Å². The Hall–Kier alpha value is -2.37. The normalized spacial score (nSPS) is 16.2. The van der Waals surface area contributed by atoms with Gasteiger partial charge < -0.3 is 14.8 Å². The van der Waals surface area contributed by atoms with Crippen LogP contribution in [0.3, 0.4) is 0 Å². The molecule has 1 aliphatic heterocycles. The second-order valence-corrected chi connectivity index (χ2v) is 5.98. The summed E-state index contributed by atoms with van der Waals surface area (Å²) in [7, 11) is 0. The highest BCUT2D eigenvalue weighted by Gasteiger charge is 2.23. The van der Waals surface area contributed by atoms with Crippen molar-refractivity contribution < 1.29 is 14.3 Å². The summed E-state index contributed by atoms with van der Waals surface area (Å²) in [4.78, 5) is 14.5. The standard InChI is InChI=1S/C20H24N2O3/c23-20(16-25-18-9-5-2-6-10-18)21-15-19(17-7-3-1-4-8-17)22-11-13-24-14-12-22/h1-10,19H,11-16H2,(H,21,23)/t19-/m1/s1. The van der Waals surface area contributed by atoms with Gasteiger partial charge in [0.2, 0.25) is 0 Å². The van der Waals surface area contributed by atoms with Crippen LogP contribution in [0.1, 0.15) is 11.6 Å². The molecule has 2 aromatic rings. The van der Waals surface area contributed by atoms with E-state index in [4.69, 9.17) is 9.47 Å². The van der Waals surface area contributed by atoms with E-state index < -0.39 is 0 Å². The van der Waals surface area contributed by atoms with Crippen molar-refractivity contribution in [1.29, 1.82) is 0 Å². The van der Waals surface area contributed by atoms with E-state index in [9.17, 15) is 4.79 Å². The van der Waals surface area contributed by atoms with Crippen LogP contribution in [0.2, 0.25) is 0 Å². The summed E-state index contributed by atoms with van der Waals surface area (Å²) >= 11 is 0. The van der Waals surface area contributed by atoms with E-state index in [0.29, 0.717) is 12.3 Å². The molecule has 5 nitrogen and oxygen atoms in total.